The zero-order valence-corrected chi connectivity index (χ0v) is 19.3. The summed E-state index contributed by atoms with van der Waals surface area (Å²) in [4.78, 5) is 24.2. The van der Waals surface area contributed by atoms with Crippen molar-refractivity contribution in [3.05, 3.63) is 101 Å². The van der Waals surface area contributed by atoms with Crippen molar-refractivity contribution in [1.82, 2.24) is 10.9 Å². The van der Waals surface area contributed by atoms with E-state index in [4.69, 9.17) is 10.5 Å². The molecule has 0 aromatic heterocycles. The van der Waals surface area contributed by atoms with Crippen LogP contribution in [0.25, 0.3) is 0 Å². The van der Waals surface area contributed by atoms with Gasteiger partial charge in [-0.05, 0) is 66.1 Å². The van der Waals surface area contributed by atoms with E-state index in [0.29, 0.717) is 41.6 Å². The average Bonchev–Trinajstić information content (AvgIpc) is 2.91. The van der Waals surface area contributed by atoms with Crippen LogP contribution in [0.1, 0.15) is 45.5 Å². The van der Waals surface area contributed by atoms with E-state index >= 15 is 0 Å². The lowest BCUT2D eigenvalue weighted by Crippen LogP contribution is -2.18. The van der Waals surface area contributed by atoms with E-state index in [1.807, 2.05) is 6.07 Å². The van der Waals surface area contributed by atoms with E-state index in [2.05, 4.69) is 32.4 Å². The van der Waals surface area contributed by atoms with Crippen LogP contribution in [0.3, 0.4) is 0 Å². The van der Waals surface area contributed by atoms with Crippen molar-refractivity contribution in [3.8, 4) is 12.1 Å². The maximum atomic E-state index is 12.2. The standard InChI is InChI=1S/C27H23N7O2/c28-16-20-4-1-6-22(14-20)18-31-33-26(35)8-3-13-30-25-11-9-24(10-12-25)27(36)34-32-19-23-7-2-5-21(15-23)17-29/h1-2,4-7,9-12,14-15,18-19,30H,3,8,13H2,(H,33,35)(H,34,36)/b31-18+,32-19+. The van der Waals surface area contributed by atoms with Crippen molar-refractivity contribution in [2.45, 2.75) is 12.8 Å². The van der Waals surface area contributed by atoms with E-state index in [9.17, 15) is 9.59 Å². The molecular formula is C27H23N7O2. The normalized spacial score (nSPS) is 10.5. The Kier molecular flexibility index (Phi) is 9.46. The molecule has 3 rings (SSSR count). The molecule has 0 spiro atoms. The maximum absolute atomic E-state index is 12.2. The van der Waals surface area contributed by atoms with Crippen molar-refractivity contribution in [3.63, 3.8) is 0 Å². The topological polar surface area (TPSA) is 143 Å². The summed E-state index contributed by atoms with van der Waals surface area (Å²) in [6, 6.07) is 24.8. The summed E-state index contributed by atoms with van der Waals surface area (Å²) in [5, 5.41) is 28.9. The number of hydrogen-bond acceptors (Lipinski definition) is 7. The van der Waals surface area contributed by atoms with Gasteiger partial charge in [-0.15, -0.1) is 0 Å². The molecular weight excluding hydrogens is 454 g/mol. The number of amides is 2. The maximum Gasteiger partial charge on any atom is 0.271 e. The highest BCUT2D eigenvalue weighted by molar-refractivity contribution is 5.95. The van der Waals surface area contributed by atoms with Gasteiger partial charge >= 0.3 is 0 Å². The summed E-state index contributed by atoms with van der Waals surface area (Å²) in [6.45, 7) is 0.568. The van der Waals surface area contributed by atoms with Crippen molar-refractivity contribution < 1.29 is 9.59 Å². The number of carbonyl (C=O) groups excluding carboxylic acids is 2. The summed E-state index contributed by atoms with van der Waals surface area (Å²) in [6.07, 6.45) is 3.85. The van der Waals surface area contributed by atoms with Crippen LogP contribution in [0, 0.1) is 22.7 Å². The lowest BCUT2D eigenvalue weighted by Gasteiger charge is -2.07. The molecule has 0 unspecified atom stereocenters. The minimum atomic E-state index is -0.356. The molecule has 0 heterocycles. The summed E-state index contributed by atoms with van der Waals surface area (Å²) >= 11 is 0. The van der Waals surface area contributed by atoms with Gasteiger partial charge in [-0.3, -0.25) is 9.59 Å². The molecule has 178 valence electrons. The Morgan fingerprint density at radius 1 is 0.806 bits per heavy atom. The molecule has 0 radical (unpaired) electrons. The number of nitriles is 2. The van der Waals surface area contributed by atoms with Gasteiger partial charge in [0.15, 0.2) is 0 Å². The zero-order chi connectivity index (χ0) is 25.6. The molecule has 0 aliphatic carbocycles. The third kappa shape index (κ3) is 8.25. The molecule has 0 aliphatic heterocycles. The van der Waals surface area contributed by atoms with E-state index in [0.717, 1.165) is 11.3 Å². The second-order valence-corrected chi connectivity index (χ2v) is 7.57. The van der Waals surface area contributed by atoms with Gasteiger partial charge in [-0.25, -0.2) is 10.9 Å². The fraction of sp³-hybridized carbons (Fsp3) is 0.111. The largest absolute Gasteiger partial charge is 0.385 e. The first kappa shape index (κ1) is 25.3. The van der Waals surface area contributed by atoms with Gasteiger partial charge in [0.2, 0.25) is 5.91 Å². The lowest BCUT2D eigenvalue weighted by atomic mass is 10.1. The Morgan fingerprint density at radius 3 is 1.97 bits per heavy atom. The Balaban J connectivity index is 1.36. The van der Waals surface area contributed by atoms with Crippen LogP contribution in [0.2, 0.25) is 0 Å². The van der Waals surface area contributed by atoms with E-state index in [1.54, 1.807) is 72.8 Å². The van der Waals surface area contributed by atoms with Gasteiger partial charge in [-0.1, -0.05) is 24.3 Å². The van der Waals surface area contributed by atoms with E-state index < -0.39 is 0 Å². The number of nitrogens with zero attached hydrogens (tertiary/aromatic N) is 4. The van der Waals surface area contributed by atoms with Crippen LogP contribution in [0.4, 0.5) is 5.69 Å². The second-order valence-electron chi connectivity index (χ2n) is 7.57. The number of hydrogen-bond donors (Lipinski definition) is 3. The zero-order valence-electron chi connectivity index (χ0n) is 19.3. The van der Waals surface area contributed by atoms with Crippen molar-refractivity contribution in [2.75, 3.05) is 11.9 Å². The highest BCUT2D eigenvalue weighted by Gasteiger charge is 2.04. The number of rotatable bonds is 10. The van der Waals surface area contributed by atoms with Gasteiger partial charge in [0.05, 0.1) is 35.7 Å². The van der Waals surface area contributed by atoms with Gasteiger partial charge in [0.1, 0.15) is 0 Å². The van der Waals surface area contributed by atoms with Gasteiger partial charge in [0, 0.05) is 24.2 Å². The predicted molar refractivity (Wildman–Crippen MR) is 137 cm³/mol. The SMILES string of the molecule is N#Cc1cccc(/C=N/NC(=O)CCCNc2ccc(C(=O)N/N=C/c3cccc(C#N)c3)cc2)c1. The van der Waals surface area contributed by atoms with Crippen LogP contribution in [0.15, 0.2) is 83.0 Å². The number of benzene rings is 3. The van der Waals surface area contributed by atoms with Crippen molar-refractivity contribution >= 4 is 29.9 Å². The highest BCUT2D eigenvalue weighted by Crippen LogP contribution is 2.10. The Labute approximate surface area is 208 Å². The molecule has 2 amide bonds. The second kappa shape index (κ2) is 13.4. The molecule has 3 aromatic carbocycles. The number of nitrogens with one attached hydrogen (secondary N) is 3. The summed E-state index contributed by atoms with van der Waals surface area (Å²) in [5.74, 6) is -0.567. The van der Waals surface area contributed by atoms with Gasteiger partial charge < -0.3 is 5.32 Å². The first-order chi connectivity index (χ1) is 17.6. The smallest absolute Gasteiger partial charge is 0.271 e. The van der Waals surface area contributed by atoms with E-state index in [-0.39, 0.29) is 11.8 Å². The molecule has 0 bridgehead atoms. The first-order valence-electron chi connectivity index (χ1n) is 11.1. The molecule has 0 saturated carbocycles. The van der Waals surface area contributed by atoms with Crippen LogP contribution in [-0.4, -0.2) is 30.8 Å². The molecule has 0 aliphatic rings. The molecule has 36 heavy (non-hydrogen) atoms. The molecule has 3 aromatic rings. The molecule has 3 N–H and O–H groups in total. The van der Waals surface area contributed by atoms with Gasteiger partial charge in [0.25, 0.3) is 5.91 Å². The fourth-order valence-corrected chi connectivity index (χ4v) is 3.06. The summed E-state index contributed by atoms with van der Waals surface area (Å²) < 4.78 is 0. The molecule has 9 heteroatoms. The van der Waals surface area contributed by atoms with Gasteiger partial charge in [-0.2, -0.15) is 20.7 Å². The fourth-order valence-electron chi connectivity index (χ4n) is 3.06. The molecule has 0 saturated heterocycles. The minimum Gasteiger partial charge on any atom is -0.385 e. The van der Waals surface area contributed by atoms with Crippen LogP contribution in [0.5, 0.6) is 0 Å². The Morgan fingerprint density at radius 2 is 1.39 bits per heavy atom. The quantitative estimate of drug-likeness (QED) is 0.233. The monoisotopic (exact) mass is 477 g/mol. The number of hydrazone groups is 2. The predicted octanol–water partition coefficient (Wildman–Crippen LogP) is 3.54. The molecule has 9 nitrogen and oxygen atoms in total. The minimum absolute atomic E-state index is 0.212. The third-order valence-electron chi connectivity index (χ3n) is 4.87. The Bertz CT molecular complexity index is 1350. The lowest BCUT2D eigenvalue weighted by molar-refractivity contribution is -0.121. The van der Waals surface area contributed by atoms with Crippen LogP contribution >= 0.6 is 0 Å². The summed E-state index contributed by atoms with van der Waals surface area (Å²) in [5.41, 5.74) is 8.67. The number of anilines is 1. The van der Waals surface area contributed by atoms with Crippen molar-refractivity contribution in [1.29, 1.82) is 10.5 Å². The van der Waals surface area contributed by atoms with Crippen LogP contribution < -0.4 is 16.2 Å². The highest BCUT2D eigenvalue weighted by atomic mass is 16.2. The van der Waals surface area contributed by atoms with E-state index in [1.165, 1.54) is 12.4 Å². The first-order valence-corrected chi connectivity index (χ1v) is 11.1. The summed E-state index contributed by atoms with van der Waals surface area (Å²) in [7, 11) is 0. The number of carbonyl (C=O) groups is 2. The third-order valence-corrected chi connectivity index (χ3v) is 4.87. The Hall–Kier alpha value is -5.28. The molecule has 0 fully saturated rings. The van der Waals surface area contributed by atoms with Crippen LogP contribution in [-0.2, 0) is 4.79 Å². The molecule has 0 atom stereocenters. The average molecular weight is 478 g/mol. The van der Waals surface area contributed by atoms with Crippen molar-refractivity contribution in [2.24, 2.45) is 10.2 Å².